The van der Waals surface area contributed by atoms with E-state index in [1.807, 2.05) is 0 Å². The Balaban J connectivity index is 2.95. The summed E-state index contributed by atoms with van der Waals surface area (Å²) in [6, 6.07) is 2.42. The number of halogens is 2. The molecule has 0 aromatic heterocycles. The van der Waals surface area contributed by atoms with Crippen molar-refractivity contribution in [3.05, 3.63) is 34.9 Å². The molecule has 0 radical (unpaired) electrons. The van der Waals surface area contributed by atoms with Gasteiger partial charge in [-0.3, -0.25) is 0 Å². The van der Waals surface area contributed by atoms with Gasteiger partial charge in [0.15, 0.2) is 0 Å². The summed E-state index contributed by atoms with van der Waals surface area (Å²) < 4.78 is 27.5. The highest BCUT2D eigenvalue weighted by molar-refractivity contribution is 5.29. The molecule has 1 nitrogen and oxygen atoms in total. The van der Waals surface area contributed by atoms with Crippen LogP contribution in [-0.2, 0) is 0 Å². The van der Waals surface area contributed by atoms with Crippen molar-refractivity contribution in [2.24, 2.45) is 0 Å². The van der Waals surface area contributed by atoms with Crippen LogP contribution in [0.15, 0.2) is 12.1 Å². The van der Waals surface area contributed by atoms with E-state index in [0.717, 1.165) is 6.42 Å². The topological polar surface area (TPSA) is 12.0 Å². The van der Waals surface area contributed by atoms with Crippen LogP contribution in [0.2, 0.25) is 0 Å². The van der Waals surface area contributed by atoms with Crippen LogP contribution in [0, 0.1) is 30.9 Å². The average Bonchev–Trinajstić information content (AvgIpc) is 2.32. The first-order valence-corrected chi connectivity index (χ1v) is 5.67. The maximum Gasteiger partial charge on any atom is 0.133 e. The third kappa shape index (κ3) is 3.28. The average molecular weight is 237 g/mol. The number of hydrogen-bond acceptors (Lipinski definition) is 1. The normalized spacial score (nSPS) is 12.2. The van der Waals surface area contributed by atoms with E-state index in [-0.39, 0.29) is 11.6 Å². The van der Waals surface area contributed by atoms with Crippen LogP contribution >= 0.6 is 0 Å². The summed E-state index contributed by atoms with van der Waals surface area (Å²) in [6.45, 7) is 1.63. The summed E-state index contributed by atoms with van der Waals surface area (Å²) in [5.41, 5.74) is 0.572. The lowest BCUT2D eigenvalue weighted by Gasteiger charge is -2.18. The molecule has 1 atom stereocenters. The lowest BCUT2D eigenvalue weighted by atomic mass is 9.98. The van der Waals surface area contributed by atoms with Gasteiger partial charge in [0, 0.05) is 18.0 Å². The maximum atomic E-state index is 13.9. The Bertz CT molecular complexity index is 421. The molecule has 0 aliphatic carbocycles. The molecule has 3 heteroatoms. The van der Waals surface area contributed by atoms with Crippen molar-refractivity contribution in [1.29, 1.82) is 0 Å². The van der Waals surface area contributed by atoms with Gasteiger partial charge in [-0.15, -0.1) is 12.3 Å². The predicted octanol–water partition coefficient (Wildman–Crippen LogP) is 3.34. The minimum atomic E-state index is -0.506. The summed E-state index contributed by atoms with van der Waals surface area (Å²) in [5.74, 6) is 1.55. The SMILES string of the molecule is C#CCCCC(NC)c1c(F)ccc(C)c1F. The molecule has 0 saturated carbocycles. The molecule has 0 saturated heterocycles. The molecule has 0 heterocycles. The van der Waals surface area contributed by atoms with Gasteiger partial charge in [-0.25, -0.2) is 8.78 Å². The molecular weight excluding hydrogens is 220 g/mol. The van der Waals surface area contributed by atoms with E-state index in [0.29, 0.717) is 18.4 Å². The molecule has 1 aromatic carbocycles. The standard InChI is InChI=1S/C14H17F2N/c1-4-5-6-7-12(17-3)13-11(15)9-8-10(2)14(13)16/h1,8-9,12,17H,5-7H2,2-3H3. The first kappa shape index (κ1) is 13.7. The first-order chi connectivity index (χ1) is 8.11. The quantitative estimate of drug-likeness (QED) is 0.612. The zero-order valence-electron chi connectivity index (χ0n) is 10.2. The molecule has 0 fully saturated rings. The Labute approximate surface area is 101 Å². The van der Waals surface area contributed by atoms with Gasteiger partial charge in [0.25, 0.3) is 0 Å². The minimum Gasteiger partial charge on any atom is -0.313 e. The van der Waals surface area contributed by atoms with Crippen LogP contribution in [0.1, 0.15) is 36.4 Å². The summed E-state index contributed by atoms with van der Waals surface area (Å²) >= 11 is 0. The number of unbranched alkanes of at least 4 members (excludes halogenated alkanes) is 1. The lowest BCUT2D eigenvalue weighted by molar-refractivity contribution is 0.461. The zero-order valence-corrected chi connectivity index (χ0v) is 10.2. The summed E-state index contributed by atoms with van der Waals surface area (Å²) in [4.78, 5) is 0. The van der Waals surface area contributed by atoms with Crippen LogP contribution in [-0.4, -0.2) is 7.05 Å². The number of aryl methyl sites for hydroxylation is 1. The van der Waals surface area contributed by atoms with Gasteiger partial charge >= 0.3 is 0 Å². The molecule has 0 amide bonds. The van der Waals surface area contributed by atoms with Crippen molar-refractivity contribution < 1.29 is 8.78 Å². The second kappa shape index (κ2) is 6.36. The van der Waals surface area contributed by atoms with Crippen LogP contribution in [0.3, 0.4) is 0 Å². The summed E-state index contributed by atoms with van der Waals surface area (Å²) in [7, 11) is 1.70. The van der Waals surface area contributed by atoms with E-state index >= 15 is 0 Å². The maximum absolute atomic E-state index is 13.9. The van der Waals surface area contributed by atoms with E-state index in [1.165, 1.54) is 12.1 Å². The Morgan fingerprint density at radius 1 is 1.41 bits per heavy atom. The summed E-state index contributed by atoms with van der Waals surface area (Å²) in [5, 5.41) is 2.94. The minimum absolute atomic E-state index is 0.115. The number of rotatable bonds is 5. The van der Waals surface area contributed by atoms with Crippen LogP contribution < -0.4 is 5.32 Å². The molecular formula is C14H17F2N. The molecule has 0 aliphatic rings. The van der Waals surface area contributed by atoms with Gasteiger partial charge in [-0.05, 0) is 38.4 Å². The molecule has 1 N–H and O–H groups in total. The monoisotopic (exact) mass is 237 g/mol. The molecule has 0 bridgehead atoms. The van der Waals surface area contributed by atoms with Gasteiger partial charge in [-0.2, -0.15) is 0 Å². The van der Waals surface area contributed by atoms with Gasteiger partial charge in [0.1, 0.15) is 11.6 Å². The van der Waals surface area contributed by atoms with E-state index in [1.54, 1.807) is 14.0 Å². The molecule has 1 rings (SSSR count). The fraction of sp³-hybridized carbons (Fsp3) is 0.429. The smallest absolute Gasteiger partial charge is 0.133 e. The second-order valence-electron chi connectivity index (χ2n) is 4.03. The molecule has 92 valence electrons. The van der Waals surface area contributed by atoms with Crippen LogP contribution in [0.4, 0.5) is 8.78 Å². The van der Waals surface area contributed by atoms with Crippen molar-refractivity contribution in [1.82, 2.24) is 5.32 Å². The van der Waals surface area contributed by atoms with Gasteiger partial charge in [0.2, 0.25) is 0 Å². The highest BCUT2D eigenvalue weighted by Crippen LogP contribution is 2.26. The van der Waals surface area contributed by atoms with E-state index < -0.39 is 11.6 Å². The summed E-state index contributed by atoms with van der Waals surface area (Å²) in [6.07, 6.45) is 7.15. The Kier molecular flexibility index (Phi) is 5.11. The Hall–Kier alpha value is -1.40. The van der Waals surface area contributed by atoms with Crippen molar-refractivity contribution in [3.63, 3.8) is 0 Å². The lowest BCUT2D eigenvalue weighted by Crippen LogP contribution is -2.19. The van der Waals surface area contributed by atoms with Gasteiger partial charge in [-0.1, -0.05) is 6.07 Å². The fourth-order valence-corrected chi connectivity index (χ4v) is 1.84. The predicted molar refractivity (Wildman–Crippen MR) is 65.6 cm³/mol. The van der Waals surface area contributed by atoms with Crippen molar-refractivity contribution in [2.45, 2.75) is 32.2 Å². The third-order valence-electron chi connectivity index (χ3n) is 2.83. The van der Waals surface area contributed by atoms with Crippen molar-refractivity contribution in [3.8, 4) is 12.3 Å². The van der Waals surface area contributed by atoms with Crippen molar-refractivity contribution in [2.75, 3.05) is 7.05 Å². The fourth-order valence-electron chi connectivity index (χ4n) is 1.84. The highest BCUT2D eigenvalue weighted by Gasteiger charge is 2.19. The van der Waals surface area contributed by atoms with Gasteiger partial charge < -0.3 is 5.32 Å². The van der Waals surface area contributed by atoms with E-state index in [9.17, 15) is 8.78 Å². The number of benzene rings is 1. The number of terminal acetylenes is 1. The van der Waals surface area contributed by atoms with Crippen LogP contribution in [0.5, 0.6) is 0 Å². The Morgan fingerprint density at radius 3 is 2.71 bits per heavy atom. The van der Waals surface area contributed by atoms with E-state index in [4.69, 9.17) is 6.42 Å². The Morgan fingerprint density at radius 2 is 2.12 bits per heavy atom. The van der Waals surface area contributed by atoms with E-state index in [2.05, 4.69) is 11.2 Å². The zero-order chi connectivity index (χ0) is 12.8. The number of hydrogen-bond donors (Lipinski definition) is 1. The molecule has 17 heavy (non-hydrogen) atoms. The largest absolute Gasteiger partial charge is 0.313 e. The first-order valence-electron chi connectivity index (χ1n) is 5.67. The highest BCUT2D eigenvalue weighted by atomic mass is 19.1. The molecule has 1 aromatic rings. The van der Waals surface area contributed by atoms with Crippen molar-refractivity contribution >= 4 is 0 Å². The number of nitrogens with one attached hydrogen (secondary N) is 1. The van der Waals surface area contributed by atoms with Gasteiger partial charge in [0.05, 0.1) is 0 Å². The molecule has 0 aliphatic heterocycles. The second-order valence-corrected chi connectivity index (χ2v) is 4.03. The third-order valence-corrected chi connectivity index (χ3v) is 2.83. The van der Waals surface area contributed by atoms with Crippen LogP contribution in [0.25, 0.3) is 0 Å². The molecule has 0 spiro atoms. The molecule has 1 unspecified atom stereocenters.